The molecule has 0 unspecified atom stereocenters. The Morgan fingerprint density at radius 1 is 0.600 bits per heavy atom. The third-order valence-electron chi connectivity index (χ3n) is 5.46. The van der Waals surface area contributed by atoms with Crippen LogP contribution in [0.3, 0.4) is 0 Å². The molecule has 0 radical (unpaired) electrons. The molecule has 144 valence electrons. The smallest absolute Gasteiger partial charge is 0.196 e. The first-order valence-corrected chi connectivity index (χ1v) is 9.70. The van der Waals surface area contributed by atoms with Crippen LogP contribution in [-0.2, 0) is 0 Å². The molecule has 5 aromatic carbocycles. The first-order chi connectivity index (χ1) is 14.6. The highest BCUT2D eigenvalue weighted by Crippen LogP contribution is 2.46. The molecule has 0 atom stereocenters. The van der Waals surface area contributed by atoms with E-state index in [1.54, 1.807) is 36.4 Å². The maximum atomic E-state index is 13.2. The van der Waals surface area contributed by atoms with Crippen LogP contribution in [0.5, 0.6) is 11.5 Å². The van der Waals surface area contributed by atoms with Crippen molar-refractivity contribution in [3.8, 4) is 22.6 Å². The van der Waals surface area contributed by atoms with E-state index < -0.39 is 0 Å². The molecule has 5 aromatic rings. The molecule has 0 bridgehead atoms. The molecule has 0 saturated heterocycles. The molecule has 0 spiro atoms. The molecule has 0 aliphatic carbocycles. The van der Waals surface area contributed by atoms with Crippen molar-refractivity contribution in [3.05, 3.63) is 108 Å². The van der Waals surface area contributed by atoms with Crippen LogP contribution >= 0.6 is 0 Å². The van der Waals surface area contributed by atoms with Gasteiger partial charge in [0.15, 0.2) is 5.78 Å². The Bertz CT molecular complexity index is 1420. The van der Waals surface area contributed by atoms with Crippen molar-refractivity contribution in [3.63, 3.8) is 0 Å². The SMILES string of the molecule is O=C(c1ccccc1)c1cc2ccccc2c(-c2c(O)ccc3ccccc23)c1O. The molecule has 0 aliphatic heterocycles. The number of rotatable bonds is 3. The molecule has 3 nitrogen and oxygen atoms in total. The van der Waals surface area contributed by atoms with Gasteiger partial charge in [0.1, 0.15) is 11.5 Å². The summed E-state index contributed by atoms with van der Waals surface area (Å²) in [5.74, 6) is -0.340. The number of phenolic OH excluding ortho intramolecular Hbond substituents is 2. The van der Waals surface area contributed by atoms with Crippen LogP contribution in [0.25, 0.3) is 32.7 Å². The molecular weight excluding hydrogens is 372 g/mol. The van der Waals surface area contributed by atoms with Gasteiger partial charge in [-0.2, -0.15) is 0 Å². The van der Waals surface area contributed by atoms with Gasteiger partial charge in [0.25, 0.3) is 0 Å². The molecular formula is C27H18O3. The molecule has 0 amide bonds. The van der Waals surface area contributed by atoms with E-state index in [1.165, 1.54) is 0 Å². The Hall–Kier alpha value is -4.11. The molecule has 5 rings (SSSR count). The number of ketones is 1. The summed E-state index contributed by atoms with van der Waals surface area (Å²) in [6, 6.07) is 29.3. The van der Waals surface area contributed by atoms with Crippen LogP contribution in [0.4, 0.5) is 0 Å². The average Bonchev–Trinajstić information content (AvgIpc) is 2.79. The molecule has 0 saturated carbocycles. The number of benzene rings is 5. The van der Waals surface area contributed by atoms with Crippen LogP contribution in [0.2, 0.25) is 0 Å². The normalized spacial score (nSPS) is 11.1. The third kappa shape index (κ3) is 2.80. The van der Waals surface area contributed by atoms with Gasteiger partial charge in [-0.25, -0.2) is 0 Å². The fraction of sp³-hybridized carbons (Fsp3) is 0. The van der Waals surface area contributed by atoms with Gasteiger partial charge in [-0.15, -0.1) is 0 Å². The van der Waals surface area contributed by atoms with Crippen molar-refractivity contribution in [2.45, 2.75) is 0 Å². The topological polar surface area (TPSA) is 57.5 Å². The Kier molecular flexibility index (Phi) is 4.22. The van der Waals surface area contributed by atoms with Gasteiger partial charge in [0.05, 0.1) is 5.56 Å². The van der Waals surface area contributed by atoms with Gasteiger partial charge < -0.3 is 10.2 Å². The second-order valence-electron chi connectivity index (χ2n) is 7.24. The summed E-state index contributed by atoms with van der Waals surface area (Å²) in [4.78, 5) is 13.2. The zero-order valence-corrected chi connectivity index (χ0v) is 16.0. The number of carbonyl (C=O) groups is 1. The van der Waals surface area contributed by atoms with Crippen molar-refractivity contribution in [1.82, 2.24) is 0 Å². The third-order valence-corrected chi connectivity index (χ3v) is 5.46. The average molecular weight is 390 g/mol. The predicted octanol–water partition coefficient (Wildman–Crippen LogP) is 6.30. The Labute approximate surface area is 173 Å². The van der Waals surface area contributed by atoms with Gasteiger partial charge in [-0.3, -0.25) is 4.79 Å². The first kappa shape index (κ1) is 18.0. The minimum Gasteiger partial charge on any atom is -0.507 e. The Balaban J connectivity index is 1.89. The second-order valence-corrected chi connectivity index (χ2v) is 7.24. The van der Waals surface area contributed by atoms with Crippen molar-refractivity contribution in [2.24, 2.45) is 0 Å². The van der Waals surface area contributed by atoms with Crippen molar-refractivity contribution in [2.75, 3.05) is 0 Å². The molecule has 2 N–H and O–H groups in total. The number of phenols is 2. The maximum absolute atomic E-state index is 13.2. The van der Waals surface area contributed by atoms with Crippen LogP contribution in [0, 0.1) is 0 Å². The summed E-state index contributed by atoms with van der Waals surface area (Å²) in [6.45, 7) is 0. The van der Waals surface area contributed by atoms with E-state index >= 15 is 0 Å². The van der Waals surface area contributed by atoms with Gasteiger partial charge in [-0.05, 0) is 33.7 Å². The number of aromatic hydroxyl groups is 2. The van der Waals surface area contributed by atoms with E-state index in [-0.39, 0.29) is 22.8 Å². The molecule has 0 aromatic heterocycles. The standard InChI is InChI=1S/C27H18O3/c28-23-15-14-17-8-4-6-12-20(17)24(23)25-21-13-7-5-11-19(21)16-22(27(25)30)26(29)18-9-2-1-3-10-18/h1-16,28,30H. The van der Waals surface area contributed by atoms with Gasteiger partial charge in [-0.1, -0.05) is 84.9 Å². The van der Waals surface area contributed by atoms with E-state index in [2.05, 4.69) is 0 Å². The van der Waals surface area contributed by atoms with Crippen LogP contribution in [0.1, 0.15) is 15.9 Å². The zero-order chi connectivity index (χ0) is 20.7. The second kappa shape index (κ2) is 7.05. The monoisotopic (exact) mass is 390 g/mol. The fourth-order valence-electron chi connectivity index (χ4n) is 4.03. The summed E-state index contributed by atoms with van der Waals surface area (Å²) in [7, 11) is 0. The van der Waals surface area contributed by atoms with Crippen LogP contribution in [0.15, 0.2) is 97.1 Å². The molecule has 0 fully saturated rings. The lowest BCUT2D eigenvalue weighted by atomic mass is 9.88. The van der Waals surface area contributed by atoms with Crippen LogP contribution < -0.4 is 0 Å². The van der Waals surface area contributed by atoms with Crippen molar-refractivity contribution < 1.29 is 15.0 Å². The van der Waals surface area contributed by atoms with E-state index in [0.717, 1.165) is 21.5 Å². The summed E-state index contributed by atoms with van der Waals surface area (Å²) in [6.07, 6.45) is 0. The maximum Gasteiger partial charge on any atom is 0.196 e. The Morgan fingerprint density at radius 2 is 1.20 bits per heavy atom. The number of fused-ring (bicyclic) bond motifs is 2. The van der Waals surface area contributed by atoms with E-state index in [1.807, 2.05) is 60.7 Å². The number of hydrogen-bond acceptors (Lipinski definition) is 3. The van der Waals surface area contributed by atoms with Gasteiger partial charge in [0.2, 0.25) is 0 Å². The van der Waals surface area contributed by atoms with Crippen molar-refractivity contribution in [1.29, 1.82) is 0 Å². The largest absolute Gasteiger partial charge is 0.507 e. The van der Waals surface area contributed by atoms with Gasteiger partial charge in [0, 0.05) is 16.7 Å². The van der Waals surface area contributed by atoms with Crippen molar-refractivity contribution >= 4 is 27.3 Å². The summed E-state index contributed by atoms with van der Waals surface area (Å²) in [5, 5.41) is 25.5. The minimum absolute atomic E-state index is 0.0541. The lowest BCUT2D eigenvalue weighted by molar-refractivity contribution is 0.103. The number of hydrogen-bond donors (Lipinski definition) is 2. The Morgan fingerprint density at radius 3 is 1.93 bits per heavy atom. The summed E-state index contributed by atoms with van der Waals surface area (Å²) >= 11 is 0. The molecule has 30 heavy (non-hydrogen) atoms. The quantitative estimate of drug-likeness (QED) is 0.355. The van der Waals surface area contributed by atoms with E-state index in [0.29, 0.717) is 16.7 Å². The highest BCUT2D eigenvalue weighted by molar-refractivity contribution is 6.18. The molecule has 0 aliphatic rings. The van der Waals surface area contributed by atoms with Gasteiger partial charge >= 0.3 is 0 Å². The molecule has 3 heteroatoms. The molecule has 0 heterocycles. The highest BCUT2D eigenvalue weighted by Gasteiger charge is 2.23. The lowest BCUT2D eigenvalue weighted by Crippen LogP contribution is -2.03. The fourth-order valence-corrected chi connectivity index (χ4v) is 4.03. The van der Waals surface area contributed by atoms with E-state index in [9.17, 15) is 15.0 Å². The zero-order valence-electron chi connectivity index (χ0n) is 16.0. The number of carbonyl (C=O) groups excluding carboxylic acids is 1. The minimum atomic E-state index is -0.264. The summed E-state index contributed by atoms with van der Waals surface area (Å²) in [5.41, 5.74) is 1.68. The summed E-state index contributed by atoms with van der Waals surface area (Å²) < 4.78 is 0. The first-order valence-electron chi connectivity index (χ1n) is 9.70. The lowest BCUT2D eigenvalue weighted by Gasteiger charge is -2.16. The predicted molar refractivity (Wildman–Crippen MR) is 120 cm³/mol. The highest BCUT2D eigenvalue weighted by atomic mass is 16.3. The van der Waals surface area contributed by atoms with Crippen LogP contribution in [-0.4, -0.2) is 16.0 Å². The van der Waals surface area contributed by atoms with E-state index in [4.69, 9.17) is 0 Å².